The summed E-state index contributed by atoms with van der Waals surface area (Å²) in [5.41, 5.74) is 22.2. The maximum absolute atomic E-state index is 6.24. The molecule has 3 aliphatic rings. The summed E-state index contributed by atoms with van der Waals surface area (Å²) in [6.45, 7) is 0. The van der Waals surface area contributed by atoms with E-state index in [0.29, 0.717) is 0 Å². The van der Waals surface area contributed by atoms with Crippen molar-refractivity contribution in [2.24, 2.45) is 0 Å². The Morgan fingerprint density at radius 1 is 0.470 bits per heavy atom. The zero-order valence-electron chi connectivity index (χ0n) is 36.0. The number of aryl methyl sites for hydroxylation is 1. The van der Waals surface area contributed by atoms with Crippen LogP contribution in [0.5, 0.6) is 0 Å². The molecule has 3 nitrogen and oxygen atoms in total. The molecule has 0 saturated carbocycles. The first-order chi connectivity index (χ1) is 32.7. The molecular formula is C63H41NO2. The Labute approximate surface area is 381 Å². The second kappa shape index (κ2) is 14.6. The number of fused-ring (bicyclic) bond motifs is 14. The number of allylic oxidation sites excluding steroid dienone is 9. The molecular weight excluding hydrogens is 803 g/mol. The van der Waals surface area contributed by atoms with Gasteiger partial charge in [-0.15, -0.1) is 0 Å². The highest BCUT2D eigenvalue weighted by atomic mass is 16.3. The lowest BCUT2D eigenvalue weighted by Crippen LogP contribution is -2.03. The van der Waals surface area contributed by atoms with Crippen LogP contribution in [0.15, 0.2) is 232 Å². The SMILES string of the molecule is C1=Cc2c(n(-c3ccccc3)c3ccc(-c4ccc5oc6ccccc6c5c4)cc23)C2=CC=C3C(=CC2=C1)c1cc(-c2ccc4oc5ccccc5c4c2)ccc1CCC3c1ccccc1. The smallest absolute Gasteiger partial charge is 0.135 e. The van der Waals surface area contributed by atoms with Crippen LogP contribution in [0.4, 0.5) is 0 Å². The minimum Gasteiger partial charge on any atom is -0.456 e. The summed E-state index contributed by atoms with van der Waals surface area (Å²) in [5.74, 6) is 0.226. The fourth-order valence-electron chi connectivity index (χ4n) is 11.1. The molecule has 3 aromatic heterocycles. The summed E-state index contributed by atoms with van der Waals surface area (Å²) in [5, 5.41) is 5.78. The standard InChI is InChI=1S/C63H41NO2/c1-3-12-39(13-4-1)47-28-24-40-22-23-41(43-26-32-61-56(36-43)50-17-7-9-20-59(50)65-61)34-53(40)54-38-45-14-11-19-52-55-35-42(44-27-33-62-57(37-44)51-18-8-10-21-60(51)66-62)25-31-58(55)64(46-15-5-2-6-16-46)63(52)48(45)29-30-49(47)54/h1-23,25-27,29-38,47H,24,28H2. The number of hydrogen-bond acceptors (Lipinski definition) is 2. The van der Waals surface area contributed by atoms with Crippen molar-refractivity contribution in [2.45, 2.75) is 18.8 Å². The maximum atomic E-state index is 6.24. The number of hydrogen-bond donors (Lipinski definition) is 0. The lowest BCUT2D eigenvalue weighted by molar-refractivity contribution is 0.668. The van der Waals surface area contributed by atoms with Crippen molar-refractivity contribution in [2.75, 3.05) is 0 Å². The number of benzene rings is 8. The fourth-order valence-corrected chi connectivity index (χ4v) is 11.1. The van der Waals surface area contributed by atoms with E-state index < -0.39 is 0 Å². The predicted molar refractivity (Wildman–Crippen MR) is 274 cm³/mol. The molecule has 0 spiro atoms. The van der Waals surface area contributed by atoms with Gasteiger partial charge in [-0.3, -0.25) is 0 Å². The molecule has 0 amide bonds. The van der Waals surface area contributed by atoms with E-state index in [-0.39, 0.29) is 5.92 Å². The molecule has 14 rings (SSSR count). The second-order valence-electron chi connectivity index (χ2n) is 17.9. The van der Waals surface area contributed by atoms with Crippen LogP contribution >= 0.6 is 0 Å². The van der Waals surface area contributed by atoms with Gasteiger partial charge < -0.3 is 13.4 Å². The van der Waals surface area contributed by atoms with Gasteiger partial charge in [0.2, 0.25) is 0 Å². The first-order valence-corrected chi connectivity index (χ1v) is 23.0. The Balaban J connectivity index is 0.959. The van der Waals surface area contributed by atoms with E-state index in [0.717, 1.165) is 62.4 Å². The first-order valence-electron chi connectivity index (χ1n) is 23.0. The monoisotopic (exact) mass is 843 g/mol. The van der Waals surface area contributed by atoms with Crippen molar-refractivity contribution in [3.63, 3.8) is 0 Å². The molecule has 1 atom stereocenters. The van der Waals surface area contributed by atoms with Crippen molar-refractivity contribution in [1.29, 1.82) is 0 Å². The van der Waals surface area contributed by atoms with Gasteiger partial charge in [0, 0.05) is 49.7 Å². The van der Waals surface area contributed by atoms with E-state index in [2.05, 4.69) is 205 Å². The van der Waals surface area contributed by atoms with Gasteiger partial charge in [-0.05, 0) is 141 Å². The van der Waals surface area contributed by atoms with E-state index >= 15 is 0 Å². The third kappa shape index (κ3) is 5.76. The average Bonchev–Trinajstić information content (AvgIpc) is 3.90. The molecule has 0 bridgehead atoms. The topological polar surface area (TPSA) is 31.2 Å². The van der Waals surface area contributed by atoms with Crippen molar-refractivity contribution in [3.05, 3.63) is 251 Å². The molecule has 0 fully saturated rings. The largest absolute Gasteiger partial charge is 0.456 e. The number of aromatic nitrogens is 1. The molecule has 3 heteroatoms. The third-order valence-corrected chi connectivity index (χ3v) is 14.3. The third-order valence-electron chi connectivity index (χ3n) is 14.3. The van der Waals surface area contributed by atoms with Gasteiger partial charge in [0.15, 0.2) is 0 Å². The molecule has 310 valence electrons. The fraction of sp³-hybridized carbons (Fsp3) is 0.0476. The molecule has 3 aliphatic carbocycles. The zero-order chi connectivity index (χ0) is 43.3. The van der Waals surface area contributed by atoms with E-state index in [9.17, 15) is 0 Å². The van der Waals surface area contributed by atoms with Crippen molar-refractivity contribution in [3.8, 4) is 27.9 Å². The number of rotatable bonds is 4. The molecule has 66 heavy (non-hydrogen) atoms. The van der Waals surface area contributed by atoms with Crippen molar-refractivity contribution in [1.82, 2.24) is 4.57 Å². The van der Waals surface area contributed by atoms with Gasteiger partial charge in [0.25, 0.3) is 0 Å². The summed E-state index contributed by atoms with van der Waals surface area (Å²) in [7, 11) is 0. The molecule has 0 N–H and O–H groups in total. The van der Waals surface area contributed by atoms with Crippen molar-refractivity contribution < 1.29 is 8.83 Å². The Kier molecular flexibility index (Phi) is 8.17. The zero-order valence-corrected chi connectivity index (χ0v) is 36.0. The quantitative estimate of drug-likeness (QED) is 0.177. The highest BCUT2D eigenvalue weighted by molar-refractivity contribution is 6.09. The van der Waals surface area contributed by atoms with Gasteiger partial charge in [-0.2, -0.15) is 0 Å². The van der Waals surface area contributed by atoms with Crippen LogP contribution in [0.25, 0.3) is 99.9 Å². The summed E-state index contributed by atoms with van der Waals surface area (Å²) in [4.78, 5) is 0. The molecule has 0 saturated heterocycles. The Bertz CT molecular complexity index is 3970. The lowest BCUT2D eigenvalue weighted by atomic mass is 9.83. The van der Waals surface area contributed by atoms with E-state index in [1.165, 1.54) is 83.4 Å². The molecule has 8 aromatic carbocycles. The summed E-state index contributed by atoms with van der Waals surface area (Å²) >= 11 is 0. The Morgan fingerprint density at radius 2 is 1.06 bits per heavy atom. The Hall–Kier alpha value is -8.40. The van der Waals surface area contributed by atoms with Gasteiger partial charge in [0.1, 0.15) is 22.3 Å². The highest BCUT2D eigenvalue weighted by Crippen LogP contribution is 2.49. The number of furan rings is 2. The molecule has 11 aromatic rings. The van der Waals surface area contributed by atoms with Crippen LogP contribution in [0, 0.1) is 0 Å². The summed E-state index contributed by atoms with van der Waals surface area (Å²) in [6.07, 6.45) is 16.3. The number of nitrogens with zero attached hydrogens (tertiary/aromatic N) is 1. The Morgan fingerprint density at radius 3 is 1.77 bits per heavy atom. The van der Waals surface area contributed by atoms with E-state index in [4.69, 9.17) is 8.83 Å². The highest BCUT2D eigenvalue weighted by Gasteiger charge is 2.30. The van der Waals surface area contributed by atoms with Crippen LogP contribution in [0.3, 0.4) is 0 Å². The number of para-hydroxylation sites is 3. The van der Waals surface area contributed by atoms with Crippen molar-refractivity contribution >= 4 is 72.0 Å². The van der Waals surface area contributed by atoms with Gasteiger partial charge >= 0.3 is 0 Å². The average molecular weight is 844 g/mol. The molecule has 0 radical (unpaired) electrons. The normalized spacial score (nSPS) is 15.6. The van der Waals surface area contributed by atoms with Crippen LogP contribution in [-0.4, -0.2) is 4.57 Å². The minimum atomic E-state index is 0.226. The van der Waals surface area contributed by atoms with E-state index in [1.807, 2.05) is 18.2 Å². The van der Waals surface area contributed by atoms with Gasteiger partial charge in [0.05, 0.1) is 11.2 Å². The first kappa shape index (κ1) is 37.0. The lowest BCUT2D eigenvalue weighted by Gasteiger charge is -2.20. The predicted octanol–water partition coefficient (Wildman–Crippen LogP) is 16.9. The van der Waals surface area contributed by atoms with Crippen LogP contribution in [0.2, 0.25) is 0 Å². The molecule has 3 heterocycles. The molecule has 0 aliphatic heterocycles. The minimum absolute atomic E-state index is 0.226. The molecule has 1 unspecified atom stereocenters. The van der Waals surface area contributed by atoms with Crippen LogP contribution in [-0.2, 0) is 6.42 Å². The van der Waals surface area contributed by atoms with Crippen LogP contribution in [0.1, 0.15) is 40.3 Å². The summed E-state index contributed by atoms with van der Waals surface area (Å²) < 4.78 is 14.9. The van der Waals surface area contributed by atoms with Gasteiger partial charge in [-0.25, -0.2) is 0 Å². The van der Waals surface area contributed by atoms with Gasteiger partial charge in [-0.1, -0.05) is 146 Å². The van der Waals surface area contributed by atoms with E-state index in [1.54, 1.807) is 0 Å². The second-order valence-corrected chi connectivity index (χ2v) is 17.9. The van der Waals surface area contributed by atoms with Crippen LogP contribution < -0.4 is 0 Å². The maximum Gasteiger partial charge on any atom is 0.135 e. The summed E-state index contributed by atoms with van der Waals surface area (Å²) in [6, 6.07) is 66.0.